The van der Waals surface area contributed by atoms with Gasteiger partial charge in [-0.2, -0.15) is 0 Å². The number of unbranched alkanes of at least 4 members (excludes halogenated alkanes) is 2. The first kappa shape index (κ1) is 13.7. The van der Waals surface area contributed by atoms with Gasteiger partial charge in [0.15, 0.2) is 0 Å². The Labute approximate surface area is 102 Å². The summed E-state index contributed by atoms with van der Waals surface area (Å²) in [7, 11) is 0. The minimum atomic E-state index is -0.872. The summed E-state index contributed by atoms with van der Waals surface area (Å²) >= 11 is 0. The number of carbonyl (C=O) groups excluding carboxylic acids is 1. The van der Waals surface area contributed by atoms with Crippen molar-refractivity contribution in [3.63, 3.8) is 0 Å². The first-order valence-electron chi connectivity index (χ1n) is 6.32. The van der Waals surface area contributed by atoms with Crippen LogP contribution in [0, 0.1) is 11.8 Å². The number of amides is 1. The van der Waals surface area contributed by atoms with Crippen molar-refractivity contribution in [2.75, 3.05) is 6.54 Å². The SMILES string of the molecule is CCCCCNC(=O)[C@@H]1CC=CC[C@@H]1C(=O)O. The van der Waals surface area contributed by atoms with E-state index in [1.165, 1.54) is 0 Å². The van der Waals surface area contributed by atoms with E-state index in [-0.39, 0.29) is 5.91 Å². The third kappa shape index (κ3) is 4.21. The number of carboxylic acid groups (broad SMARTS) is 1. The molecule has 1 aliphatic rings. The van der Waals surface area contributed by atoms with Crippen LogP contribution in [0.15, 0.2) is 12.2 Å². The largest absolute Gasteiger partial charge is 0.481 e. The van der Waals surface area contributed by atoms with Crippen LogP contribution in [-0.2, 0) is 9.59 Å². The monoisotopic (exact) mass is 239 g/mol. The van der Waals surface area contributed by atoms with Crippen LogP contribution in [0.2, 0.25) is 0 Å². The molecule has 96 valence electrons. The highest BCUT2D eigenvalue weighted by molar-refractivity contribution is 5.85. The lowest BCUT2D eigenvalue weighted by Crippen LogP contribution is -2.39. The number of hydrogen-bond donors (Lipinski definition) is 2. The lowest BCUT2D eigenvalue weighted by Gasteiger charge is -2.24. The highest BCUT2D eigenvalue weighted by Crippen LogP contribution is 2.25. The quantitative estimate of drug-likeness (QED) is 0.550. The summed E-state index contributed by atoms with van der Waals surface area (Å²) in [5, 5.41) is 11.9. The Kier molecular flexibility index (Phi) is 5.73. The third-order valence-corrected chi connectivity index (χ3v) is 3.17. The Morgan fingerprint density at radius 1 is 1.24 bits per heavy atom. The fraction of sp³-hybridized carbons (Fsp3) is 0.692. The van der Waals surface area contributed by atoms with Crippen molar-refractivity contribution in [2.24, 2.45) is 11.8 Å². The number of aliphatic carboxylic acids is 1. The first-order chi connectivity index (χ1) is 8.16. The molecule has 4 heteroatoms. The predicted octanol–water partition coefficient (Wildman–Crippen LogP) is 1.96. The van der Waals surface area contributed by atoms with Gasteiger partial charge in [0.25, 0.3) is 0 Å². The van der Waals surface area contributed by atoms with Crippen molar-refractivity contribution in [1.29, 1.82) is 0 Å². The van der Waals surface area contributed by atoms with Gasteiger partial charge in [0.05, 0.1) is 11.8 Å². The molecule has 0 aliphatic heterocycles. The normalized spacial score (nSPS) is 23.4. The summed E-state index contributed by atoms with van der Waals surface area (Å²) in [6.07, 6.45) is 7.91. The van der Waals surface area contributed by atoms with Gasteiger partial charge in [0.2, 0.25) is 5.91 Å². The van der Waals surface area contributed by atoms with E-state index < -0.39 is 17.8 Å². The van der Waals surface area contributed by atoms with Crippen molar-refractivity contribution < 1.29 is 14.7 Å². The van der Waals surface area contributed by atoms with Gasteiger partial charge in [-0.25, -0.2) is 0 Å². The summed E-state index contributed by atoms with van der Waals surface area (Å²) in [5.74, 6) is -1.95. The second-order valence-corrected chi connectivity index (χ2v) is 4.49. The fourth-order valence-electron chi connectivity index (χ4n) is 2.09. The first-order valence-corrected chi connectivity index (χ1v) is 6.32. The van der Waals surface area contributed by atoms with E-state index in [0.717, 1.165) is 19.3 Å². The number of allylic oxidation sites excluding steroid dienone is 2. The molecule has 0 spiro atoms. The maximum absolute atomic E-state index is 11.9. The average Bonchev–Trinajstić information content (AvgIpc) is 2.34. The Balaban J connectivity index is 2.43. The van der Waals surface area contributed by atoms with Gasteiger partial charge in [0, 0.05) is 6.54 Å². The number of carbonyl (C=O) groups is 2. The zero-order chi connectivity index (χ0) is 12.7. The molecule has 0 aromatic rings. The summed E-state index contributed by atoms with van der Waals surface area (Å²) < 4.78 is 0. The van der Waals surface area contributed by atoms with Crippen LogP contribution in [0.3, 0.4) is 0 Å². The predicted molar refractivity (Wildman–Crippen MR) is 65.5 cm³/mol. The molecule has 1 amide bonds. The Morgan fingerprint density at radius 2 is 1.88 bits per heavy atom. The molecule has 0 aromatic heterocycles. The van der Waals surface area contributed by atoms with Gasteiger partial charge in [0.1, 0.15) is 0 Å². The maximum Gasteiger partial charge on any atom is 0.307 e. The molecular weight excluding hydrogens is 218 g/mol. The fourth-order valence-corrected chi connectivity index (χ4v) is 2.09. The molecule has 0 unspecified atom stereocenters. The Bertz CT molecular complexity index is 299. The Morgan fingerprint density at radius 3 is 2.47 bits per heavy atom. The molecule has 4 nitrogen and oxygen atoms in total. The van der Waals surface area contributed by atoms with E-state index >= 15 is 0 Å². The molecule has 0 heterocycles. The summed E-state index contributed by atoms with van der Waals surface area (Å²) in [6.45, 7) is 2.76. The van der Waals surface area contributed by atoms with Crippen LogP contribution in [-0.4, -0.2) is 23.5 Å². The third-order valence-electron chi connectivity index (χ3n) is 3.17. The highest BCUT2D eigenvalue weighted by atomic mass is 16.4. The zero-order valence-electron chi connectivity index (χ0n) is 10.3. The zero-order valence-corrected chi connectivity index (χ0v) is 10.3. The van der Waals surface area contributed by atoms with Crippen molar-refractivity contribution in [1.82, 2.24) is 5.32 Å². The van der Waals surface area contributed by atoms with Gasteiger partial charge in [-0.05, 0) is 19.3 Å². The van der Waals surface area contributed by atoms with Crippen LogP contribution >= 0.6 is 0 Å². The number of nitrogens with one attached hydrogen (secondary N) is 1. The summed E-state index contributed by atoms with van der Waals surface area (Å²) in [5.41, 5.74) is 0. The van der Waals surface area contributed by atoms with Crippen molar-refractivity contribution in [2.45, 2.75) is 39.0 Å². The molecular formula is C13H21NO3. The number of hydrogen-bond acceptors (Lipinski definition) is 2. The molecule has 2 N–H and O–H groups in total. The topological polar surface area (TPSA) is 66.4 Å². The molecule has 0 aromatic carbocycles. The molecule has 17 heavy (non-hydrogen) atoms. The highest BCUT2D eigenvalue weighted by Gasteiger charge is 2.33. The average molecular weight is 239 g/mol. The van der Waals surface area contributed by atoms with E-state index in [4.69, 9.17) is 5.11 Å². The van der Waals surface area contributed by atoms with Crippen LogP contribution in [0.4, 0.5) is 0 Å². The smallest absolute Gasteiger partial charge is 0.307 e. The van der Waals surface area contributed by atoms with Gasteiger partial charge in [-0.15, -0.1) is 0 Å². The minimum Gasteiger partial charge on any atom is -0.481 e. The maximum atomic E-state index is 11.9. The lowest BCUT2D eigenvalue weighted by molar-refractivity contribution is -0.147. The van der Waals surface area contributed by atoms with E-state index in [9.17, 15) is 9.59 Å². The number of rotatable bonds is 6. The molecule has 0 fully saturated rings. The minimum absolute atomic E-state index is 0.113. The van der Waals surface area contributed by atoms with Crippen LogP contribution in [0.25, 0.3) is 0 Å². The molecule has 0 bridgehead atoms. The van der Waals surface area contributed by atoms with E-state index in [2.05, 4.69) is 12.2 Å². The van der Waals surface area contributed by atoms with E-state index in [1.807, 2.05) is 12.2 Å². The number of carboxylic acids is 1. The van der Waals surface area contributed by atoms with Gasteiger partial charge in [-0.1, -0.05) is 31.9 Å². The van der Waals surface area contributed by atoms with Gasteiger partial charge >= 0.3 is 5.97 Å². The van der Waals surface area contributed by atoms with Crippen molar-refractivity contribution in [3.05, 3.63) is 12.2 Å². The van der Waals surface area contributed by atoms with Gasteiger partial charge < -0.3 is 10.4 Å². The standard InChI is InChI=1S/C13H21NO3/c1-2-3-6-9-14-12(15)10-7-4-5-8-11(10)13(16)17/h4-5,10-11H,2-3,6-9H2,1H3,(H,14,15)(H,16,17)/t10-,11+/m1/s1. The molecule has 0 saturated carbocycles. The van der Waals surface area contributed by atoms with Crippen molar-refractivity contribution >= 4 is 11.9 Å². The molecule has 0 saturated heterocycles. The van der Waals surface area contributed by atoms with Crippen LogP contribution < -0.4 is 5.32 Å². The van der Waals surface area contributed by atoms with Gasteiger partial charge in [-0.3, -0.25) is 9.59 Å². The summed E-state index contributed by atoms with van der Waals surface area (Å²) in [6, 6.07) is 0. The van der Waals surface area contributed by atoms with E-state index in [0.29, 0.717) is 19.4 Å². The van der Waals surface area contributed by atoms with E-state index in [1.54, 1.807) is 0 Å². The second kappa shape index (κ2) is 7.09. The van der Waals surface area contributed by atoms with Crippen LogP contribution in [0.1, 0.15) is 39.0 Å². The molecule has 0 radical (unpaired) electrons. The lowest BCUT2D eigenvalue weighted by atomic mass is 9.82. The Hall–Kier alpha value is -1.32. The molecule has 1 aliphatic carbocycles. The molecule has 1 rings (SSSR count). The van der Waals surface area contributed by atoms with Crippen molar-refractivity contribution in [3.8, 4) is 0 Å². The summed E-state index contributed by atoms with van der Waals surface area (Å²) in [4.78, 5) is 22.9. The second-order valence-electron chi connectivity index (χ2n) is 4.49. The molecule has 2 atom stereocenters. The van der Waals surface area contributed by atoms with Crippen LogP contribution in [0.5, 0.6) is 0 Å².